The zero-order chi connectivity index (χ0) is 46.7. The Morgan fingerprint density at radius 1 is 0.310 bits per heavy atom. The standard InChI is InChI=1S/C70H51N/c1-4-20-47(21-5-1)55-40-36-48-23-18-31-61-58-30-14-17-34-64(58)70(68(55)67(48)61)63-33-16-13-29-57(63)60-42-39-54(45-66(60)70)71(52-37-35-46-19-10-11-22-49(46)43-52)53-38-41-59-56-28-12-15-32-62(56)69(65(59)44-53,50-24-6-2-7-25-50)51-26-8-3-9-27-51/h2-3,6-19,22-45,47H,1,4-5,20-21H2. The summed E-state index contributed by atoms with van der Waals surface area (Å²) in [6.07, 6.45) is 6.36. The van der Waals surface area contributed by atoms with E-state index >= 15 is 0 Å². The van der Waals surface area contributed by atoms with E-state index in [1.54, 1.807) is 0 Å². The maximum absolute atomic E-state index is 2.60. The van der Waals surface area contributed by atoms with Crippen molar-refractivity contribution in [1.82, 2.24) is 0 Å². The molecule has 1 heteroatoms. The van der Waals surface area contributed by atoms with Gasteiger partial charge in [-0.25, -0.2) is 0 Å². The van der Waals surface area contributed by atoms with Crippen molar-refractivity contribution in [2.24, 2.45) is 0 Å². The topological polar surface area (TPSA) is 3.24 Å². The second-order valence-corrected chi connectivity index (χ2v) is 20.5. The van der Waals surface area contributed by atoms with E-state index in [1.807, 2.05) is 0 Å². The number of anilines is 3. The van der Waals surface area contributed by atoms with Crippen LogP contribution in [-0.2, 0) is 10.8 Å². The molecule has 1 saturated carbocycles. The maximum atomic E-state index is 2.60. The predicted octanol–water partition coefficient (Wildman–Crippen LogP) is 18.2. The van der Waals surface area contributed by atoms with Crippen LogP contribution in [0.3, 0.4) is 0 Å². The van der Waals surface area contributed by atoms with Crippen LogP contribution in [0.5, 0.6) is 0 Å². The second kappa shape index (κ2) is 15.6. The minimum absolute atomic E-state index is 0.511. The number of fused-ring (bicyclic) bond motifs is 13. The number of benzene rings is 11. The van der Waals surface area contributed by atoms with Crippen LogP contribution >= 0.6 is 0 Å². The molecule has 71 heavy (non-hydrogen) atoms. The molecule has 0 heterocycles. The van der Waals surface area contributed by atoms with Crippen molar-refractivity contribution in [1.29, 1.82) is 0 Å². The summed E-state index contributed by atoms with van der Waals surface area (Å²) in [5, 5.41) is 5.20. The molecular formula is C70H51N. The van der Waals surface area contributed by atoms with Gasteiger partial charge in [0.2, 0.25) is 0 Å². The van der Waals surface area contributed by atoms with Gasteiger partial charge >= 0.3 is 0 Å². The minimum Gasteiger partial charge on any atom is -0.310 e. The molecule has 11 aromatic carbocycles. The van der Waals surface area contributed by atoms with Gasteiger partial charge in [-0.3, -0.25) is 0 Å². The van der Waals surface area contributed by atoms with Gasteiger partial charge in [-0.15, -0.1) is 0 Å². The van der Waals surface area contributed by atoms with E-state index in [4.69, 9.17) is 0 Å². The van der Waals surface area contributed by atoms with Crippen LogP contribution in [0.2, 0.25) is 0 Å². The summed E-state index contributed by atoms with van der Waals surface area (Å²) in [6.45, 7) is 0. The highest BCUT2D eigenvalue weighted by Gasteiger charge is 2.52. The summed E-state index contributed by atoms with van der Waals surface area (Å²) in [4.78, 5) is 2.55. The quantitative estimate of drug-likeness (QED) is 0.161. The number of hydrogen-bond donors (Lipinski definition) is 0. The van der Waals surface area contributed by atoms with E-state index in [-0.39, 0.29) is 0 Å². The highest BCUT2D eigenvalue weighted by molar-refractivity contribution is 6.08. The Morgan fingerprint density at radius 2 is 0.761 bits per heavy atom. The molecule has 1 spiro atoms. The Balaban J connectivity index is 1.03. The van der Waals surface area contributed by atoms with E-state index in [1.165, 1.54) is 137 Å². The van der Waals surface area contributed by atoms with Crippen molar-refractivity contribution in [3.63, 3.8) is 0 Å². The van der Waals surface area contributed by atoms with E-state index in [2.05, 4.69) is 248 Å². The van der Waals surface area contributed by atoms with Gasteiger partial charge in [0, 0.05) is 17.1 Å². The molecule has 336 valence electrons. The lowest BCUT2D eigenvalue weighted by Gasteiger charge is -2.43. The summed E-state index contributed by atoms with van der Waals surface area (Å²) >= 11 is 0. The first-order valence-electron chi connectivity index (χ1n) is 25.8. The third-order valence-electron chi connectivity index (χ3n) is 17.1. The van der Waals surface area contributed by atoms with Crippen molar-refractivity contribution >= 4 is 38.6 Å². The molecule has 0 radical (unpaired) electrons. The van der Waals surface area contributed by atoms with Crippen molar-refractivity contribution in [3.05, 3.63) is 293 Å². The van der Waals surface area contributed by atoms with E-state index in [0.29, 0.717) is 5.92 Å². The zero-order valence-corrected chi connectivity index (χ0v) is 39.7. The third-order valence-corrected chi connectivity index (χ3v) is 17.1. The average Bonchev–Trinajstić information content (AvgIpc) is 3.91. The molecule has 4 aliphatic carbocycles. The van der Waals surface area contributed by atoms with Gasteiger partial charge in [-0.2, -0.15) is 0 Å². The number of nitrogens with zero attached hydrogens (tertiary/aromatic N) is 1. The molecule has 0 amide bonds. The molecule has 1 nitrogen and oxygen atoms in total. The van der Waals surface area contributed by atoms with Crippen molar-refractivity contribution in [2.45, 2.75) is 48.9 Å². The predicted molar refractivity (Wildman–Crippen MR) is 296 cm³/mol. The first-order chi connectivity index (χ1) is 35.2. The van der Waals surface area contributed by atoms with E-state index < -0.39 is 10.8 Å². The van der Waals surface area contributed by atoms with Crippen LogP contribution < -0.4 is 4.90 Å². The first-order valence-corrected chi connectivity index (χ1v) is 25.8. The molecule has 0 aromatic heterocycles. The summed E-state index contributed by atoms with van der Waals surface area (Å²) in [6, 6.07) is 92.8. The normalized spacial score (nSPS) is 16.8. The van der Waals surface area contributed by atoms with Crippen molar-refractivity contribution in [3.8, 4) is 33.4 Å². The SMILES string of the molecule is c1ccc(C2(c3ccccc3)c3ccccc3-c3ccc(N(c4ccc5c(c4)C4(c6ccccc6-5)c5ccccc5-c5cccc6ccc(C7CCCCC7)c4c56)c4ccc5ccccc5c4)cc32)cc1. The highest BCUT2D eigenvalue weighted by atomic mass is 15.1. The highest BCUT2D eigenvalue weighted by Crippen LogP contribution is 2.65. The molecule has 1 unspecified atom stereocenters. The lowest BCUT2D eigenvalue weighted by atomic mass is 9.59. The van der Waals surface area contributed by atoms with Crippen molar-refractivity contribution < 1.29 is 0 Å². The Morgan fingerprint density at radius 3 is 1.39 bits per heavy atom. The minimum atomic E-state index is -0.538. The Kier molecular flexibility index (Phi) is 8.94. The van der Waals surface area contributed by atoms with Crippen LogP contribution in [0.1, 0.15) is 88.1 Å². The second-order valence-electron chi connectivity index (χ2n) is 20.5. The fourth-order valence-corrected chi connectivity index (χ4v) is 14.3. The largest absolute Gasteiger partial charge is 0.310 e. The van der Waals surface area contributed by atoms with Crippen LogP contribution in [0, 0.1) is 0 Å². The Labute approximate surface area is 416 Å². The summed E-state index contributed by atoms with van der Waals surface area (Å²) in [5.74, 6) is 0.511. The van der Waals surface area contributed by atoms with Gasteiger partial charge in [0.15, 0.2) is 0 Å². The van der Waals surface area contributed by atoms with Gasteiger partial charge in [0.1, 0.15) is 0 Å². The molecule has 0 aliphatic heterocycles. The smallest absolute Gasteiger partial charge is 0.0729 e. The van der Waals surface area contributed by atoms with E-state index in [0.717, 1.165) is 17.1 Å². The van der Waals surface area contributed by atoms with Crippen molar-refractivity contribution in [2.75, 3.05) is 4.90 Å². The van der Waals surface area contributed by atoms with E-state index in [9.17, 15) is 0 Å². The van der Waals surface area contributed by atoms with Gasteiger partial charge < -0.3 is 4.90 Å². The molecule has 4 aliphatic rings. The Bertz CT molecular complexity index is 3890. The third kappa shape index (κ3) is 5.64. The molecule has 0 N–H and O–H groups in total. The van der Waals surface area contributed by atoms with Crippen LogP contribution in [-0.4, -0.2) is 0 Å². The lowest BCUT2D eigenvalue weighted by molar-refractivity contribution is 0.440. The van der Waals surface area contributed by atoms with Crippen LogP contribution in [0.15, 0.2) is 243 Å². The van der Waals surface area contributed by atoms with Gasteiger partial charge in [-0.1, -0.05) is 226 Å². The molecule has 0 saturated heterocycles. The fourth-order valence-electron chi connectivity index (χ4n) is 14.3. The first kappa shape index (κ1) is 40.6. The van der Waals surface area contributed by atoms with Gasteiger partial charge in [-0.05, 0) is 160 Å². The monoisotopic (exact) mass is 905 g/mol. The number of hydrogen-bond acceptors (Lipinski definition) is 1. The summed E-state index contributed by atoms with van der Waals surface area (Å²) < 4.78 is 0. The summed E-state index contributed by atoms with van der Waals surface area (Å²) in [5.41, 5.74) is 22.6. The van der Waals surface area contributed by atoms with Gasteiger partial charge in [0.05, 0.1) is 10.8 Å². The fraction of sp³-hybridized carbons (Fsp3) is 0.114. The zero-order valence-electron chi connectivity index (χ0n) is 39.7. The average molecular weight is 906 g/mol. The van der Waals surface area contributed by atoms with Crippen LogP contribution in [0.25, 0.3) is 54.9 Å². The molecule has 1 atom stereocenters. The Hall–Kier alpha value is -8.26. The molecule has 1 fully saturated rings. The van der Waals surface area contributed by atoms with Gasteiger partial charge in [0.25, 0.3) is 0 Å². The van der Waals surface area contributed by atoms with Crippen LogP contribution in [0.4, 0.5) is 17.1 Å². The molecular weight excluding hydrogens is 855 g/mol. The molecule has 15 rings (SSSR count). The maximum Gasteiger partial charge on any atom is 0.0729 e. The lowest BCUT2D eigenvalue weighted by Crippen LogP contribution is -2.34. The molecule has 11 aromatic rings. The summed E-state index contributed by atoms with van der Waals surface area (Å²) in [7, 11) is 0. The molecule has 0 bridgehead atoms. The number of rotatable bonds is 6.